The third-order valence-electron chi connectivity index (χ3n) is 17.8. The molecule has 0 aromatic heterocycles. The van der Waals surface area contributed by atoms with Crippen molar-refractivity contribution >= 4 is 17.7 Å². The minimum Gasteiger partial charge on any atom is -0.454 e. The van der Waals surface area contributed by atoms with E-state index in [2.05, 4.69) is 0 Å². The van der Waals surface area contributed by atoms with Gasteiger partial charge in [0.2, 0.25) is 0 Å². The summed E-state index contributed by atoms with van der Waals surface area (Å²) in [4.78, 5) is 42.1. The molecule has 0 spiro atoms. The highest BCUT2D eigenvalue weighted by atomic mass is 16.8. The van der Waals surface area contributed by atoms with Crippen LogP contribution in [0.15, 0.2) is 72.3 Å². The van der Waals surface area contributed by atoms with E-state index in [0.29, 0.717) is 19.3 Å². The molecule has 20 nitrogen and oxygen atoms in total. The van der Waals surface area contributed by atoms with Crippen LogP contribution in [0.25, 0.3) is 0 Å². The molecule has 74 heavy (non-hydrogen) atoms. The number of methoxy groups -OCH3 is 1. The summed E-state index contributed by atoms with van der Waals surface area (Å²) in [5.41, 5.74) is -5.24. The number of hydrogen-bond donors (Lipinski definition) is 8. The predicted octanol–water partition coefficient (Wildman–Crippen LogP) is 1.63. The van der Waals surface area contributed by atoms with Crippen LogP contribution in [0.5, 0.6) is 0 Å². The second-order valence-corrected chi connectivity index (χ2v) is 21.9. The fraction of sp³-hybridized carbons (Fsp3) is 0.685. The van der Waals surface area contributed by atoms with Gasteiger partial charge in [-0.15, -0.1) is 0 Å². The smallest absolute Gasteiger partial charge is 0.338 e. The van der Waals surface area contributed by atoms with Gasteiger partial charge in [-0.25, -0.2) is 9.59 Å². The Labute approximate surface area is 429 Å². The summed E-state index contributed by atoms with van der Waals surface area (Å²) in [7, 11) is 1.32. The van der Waals surface area contributed by atoms with E-state index in [1.165, 1.54) is 14.0 Å². The van der Waals surface area contributed by atoms with Crippen LogP contribution in [0.1, 0.15) is 100 Å². The summed E-state index contributed by atoms with van der Waals surface area (Å²) in [6, 6.07) is 16.6. The summed E-state index contributed by atoms with van der Waals surface area (Å²) < 4.78 is 55.2. The third kappa shape index (κ3) is 9.27. The molecule has 23 atom stereocenters. The molecule has 8 N–H and O–H groups in total. The number of carbonyl (C=O) groups excluding carboxylic acids is 3. The van der Waals surface area contributed by atoms with Crippen LogP contribution in [0, 0.1) is 22.7 Å². The number of Topliss-reactive ketones (excluding diaryl/α,β-unsaturated/α-hetero) is 1. The van der Waals surface area contributed by atoms with Gasteiger partial charge in [0, 0.05) is 30.8 Å². The molecule has 3 saturated carbocycles. The van der Waals surface area contributed by atoms with Gasteiger partial charge >= 0.3 is 11.9 Å². The molecule has 408 valence electrons. The maximum absolute atomic E-state index is 14.3. The first-order chi connectivity index (χ1) is 35.1. The summed E-state index contributed by atoms with van der Waals surface area (Å²) in [6.07, 6.45) is -17.7. The van der Waals surface area contributed by atoms with Crippen molar-refractivity contribution in [3.8, 4) is 0 Å². The molecular formula is C54H72O20. The van der Waals surface area contributed by atoms with Crippen LogP contribution < -0.4 is 0 Å². The normalized spacial score (nSPS) is 46.0. The van der Waals surface area contributed by atoms with Gasteiger partial charge in [-0.2, -0.15) is 0 Å². The van der Waals surface area contributed by atoms with Gasteiger partial charge in [0.25, 0.3) is 0 Å². The maximum Gasteiger partial charge on any atom is 0.338 e. The Morgan fingerprint density at radius 1 is 0.703 bits per heavy atom. The van der Waals surface area contributed by atoms with E-state index >= 15 is 0 Å². The molecule has 2 aromatic carbocycles. The lowest BCUT2D eigenvalue weighted by Gasteiger charge is -2.68. The molecule has 20 heteroatoms. The lowest BCUT2D eigenvalue weighted by molar-refractivity contribution is -0.370. The SMILES string of the molecule is CO[C@H]1[C@@H](O)[C@H](O[C@H]2[C@@H](O)C[C@H](O[C@H]3CC[C@@]4(C)C(=CC[C@]5(O)[C@@H]4[C@H](OC(=O)c4ccccc4)[C@@H](OC(=O)c4ccccc4)[C@]4(C)[C@@H](C(C)=O)CC[C@@]45O)C3)O[C@@H]2C)O[C@H](C)[C@H]1O[C@@H]1O[C@H](CO)[C@@H](O)[C@H](O)[C@H]1O. The molecule has 0 radical (unpaired) electrons. The van der Waals surface area contributed by atoms with E-state index in [-0.39, 0.29) is 42.6 Å². The summed E-state index contributed by atoms with van der Waals surface area (Å²) in [5, 5.41) is 90.5. The molecule has 9 rings (SSSR count). The number of carbonyl (C=O) groups is 3. The number of aliphatic hydroxyl groups is 8. The van der Waals surface area contributed by atoms with Crippen molar-refractivity contribution in [1.82, 2.24) is 0 Å². The Morgan fingerprint density at radius 2 is 1.31 bits per heavy atom. The molecule has 2 aromatic rings. The Morgan fingerprint density at radius 3 is 1.92 bits per heavy atom. The van der Waals surface area contributed by atoms with Crippen molar-refractivity contribution in [3.63, 3.8) is 0 Å². The first-order valence-corrected chi connectivity index (χ1v) is 25.7. The fourth-order valence-electron chi connectivity index (χ4n) is 13.9. The Kier molecular flexibility index (Phi) is 15.7. The zero-order valence-corrected chi connectivity index (χ0v) is 42.5. The zero-order chi connectivity index (χ0) is 53.2. The highest BCUT2D eigenvalue weighted by Gasteiger charge is 2.81. The van der Waals surface area contributed by atoms with Crippen molar-refractivity contribution in [1.29, 1.82) is 0 Å². The second kappa shape index (κ2) is 21.2. The molecule has 3 aliphatic heterocycles. The molecule has 6 fully saturated rings. The molecule has 7 aliphatic rings. The minimum absolute atomic E-state index is 0.0208. The van der Waals surface area contributed by atoms with Crippen LogP contribution in [0.4, 0.5) is 0 Å². The lowest BCUT2D eigenvalue weighted by atomic mass is 9.42. The van der Waals surface area contributed by atoms with Crippen molar-refractivity contribution < 1.29 is 97.9 Å². The van der Waals surface area contributed by atoms with Crippen LogP contribution in [-0.4, -0.2) is 188 Å². The largest absolute Gasteiger partial charge is 0.454 e. The molecule has 3 saturated heterocycles. The van der Waals surface area contributed by atoms with Crippen molar-refractivity contribution in [3.05, 3.63) is 83.4 Å². The summed E-state index contributed by atoms with van der Waals surface area (Å²) >= 11 is 0. The maximum atomic E-state index is 14.3. The van der Waals surface area contributed by atoms with Crippen molar-refractivity contribution in [2.24, 2.45) is 22.7 Å². The van der Waals surface area contributed by atoms with Gasteiger partial charge < -0.3 is 83.5 Å². The van der Waals surface area contributed by atoms with Gasteiger partial charge in [-0.3, -0.25) is 4.79 Å². The molecule has 0 unspecified atom stereocenters. The number of hydrogen-bond acceptors (Lipinski definition) is 20. The topological polar surface area (TPSA) is 296 Å². The second-order valence-electron chi connectivity index (χ2n) is 21.9. The molecule has 0 bridgehead atoms. The van der Waals surface area contributed by atoms with Crippen molar-refractivity contribution in [2.45, 2.75) is 195 Å². The van der Waals surface area contributed by atoms with E-state index in [1.54, 1.807) is 81.4 Å². The minimum atomic E-state index is -1.98. The lowest BCUT2D eigenvalue weighted by Crippen LogP contribution is -2.80. The van der Waals surface area contributed by atoms with E-state index in [0.717, 1.165) is 5.57 Å². The van der Waals surface area contributed by atoms with Crippen LogP contribution in [0.2, 0.25) is 0 Å². The highest BCUT2D eigenvalue weighted by molar-refractivity contribution is 5.91. The van der Waals surface area contributed by atoms with Crippen LogP contribution >= 0.6 is 0 Å². The quantitative estimate of drug-likeness (QED) is 0.104. The van der Waals surface area contributed by atoms with Gasteiger partial charge in [0.1, 0.15) is 78.0 Å². The number of ether oxygens (including phenoxy) is 9. The van der Waals surface area contributed by atoms with Crippen molar-refractivity contribution in [2.75, 3.05) is 13.7 Å². The van der Waals surface area contributed by atoms with E-state index in [4.69, 9.17) is 42.6 Å². The Balaban J connectivity index is 0.919. The van der Waals surface area contributed by atoms with Gasteiger partial charge in [0.15, 0.2) is 18.9 Å². The summed E-state index contributed by atoms with van der Waals surface area (Å²) in [5.74, 6) is -3.64. The number of ketones is 1. The average molecular weight is 1040 g/mol. The number of esters is 2. The van der Waals surface area contributed by atoms with Crippen LogP contribution in [-0.2, 0) is 47.4 Å². The number of benzene rings is 2. The van der Waals surface area contributed by atoms with E-state index < -0.39 is 157 Å². The molecule has 3 heterocycles. The van der Waals surface area contributed by atoms with Gasteiger partial charge in [0.05, 0.1) is 42.1 Å². The zero-order valence-electron chi connectivity index (χ0n) is 42.5. The third-order valence-corrected chi connectivity index (χ3v) is 17.8. The first kappa shape index (κ1) is 55.0. The fourth-order valence-corrected chi connectivity index (χ4v) is 13.9. The van der Waals surface area contributed by atoms with Crippen LogP contribution in [0.3, 0.4) is 0 Å². The predicted molar refractivity (Wildman–Crippen MR) is 255 cm³/mol. The van der Waals surface area contributed by atoms with E-state index in [9.17, 15) is 55.2 Å². The Hall–Kier alpha value is -3.81. The number of aliphatic hydroxyl groups excluding tert-OH is 6. The molecule has 0 amide bonds. The molecule has 4 aliphatic carbocycles. The monoisotopic (exact) mass is 1040 g/mol. The average Bonchev–Trinajstić information content (AvgIpc) is 3.67. The standard InChI is InChI=1S/C54H72O20/c1-26(56)33-19-22-54(65)52(33,5)46(74-48(63)30-15-11-8-12-16-30)44(71-47(62)29-13-9-7-10-14-29)45-51(4)20-18-32(23-31(51)17-21-53(45,54)64)69-36-24-34(57)41(27(2)67-36)72-50-40(61)43(66-6)42(28(3)68-50)73-49-39(60)38(59)37(58)35(25-55)70-49/h7-17,27-28,32-46,49-50,55,57-61,64-65H,18-25H2,1-6H3/t27-,28-,32+,33-,34+,35-,36+,37-,38+,39-,40-,41-,42-,43+,44+,45-,46-,49+,50+,51+,52+,53+,54-/m1/s1. The van der Waals surface area contributed by atoms with Gasteiger partial charge in [-0.05, 0) is 89.0 Å². The molecular weight excluding hydrogens is 969 g/mol. The van der Waals surface area contributed by atoms with Gasteiger partial charge in [-0.1, -0.05) is 61.9 Å². The Bertz CT molecular complexity index is 2340. The number of fused-ring (bicyclic) bond motifs is 5. The summed E-state index contributed by atoms with van der Waals surface area (Å²) in [6.45, 7) is 7.65. The number of rotatable bonds is 13. The first-order valence-electron chi connectivity index (χ1n) is 25.7. The highest BCUT2D eigenvalue weighted by Crippen LogP contribution is 2.70. The van der Waals surface area contributed by atoms with E-state index in [1.807, 2.05) is 13.0 Å².